The molecule has 0 radical (unpaired) electrons. The third-order valence-corrected chi connectivity index (χ3v) is 3.61. The molecule has 1 fully saturated rings. The minimum Gasteiger partial charge on any atom is -0.390 e. The molecule has 1 saturated heterocycles. The van der Waals surface area contributed by atoms with Gasteiger partial charge < -0.3 is 10.0 Å². The lowest BCUT2D eigenvalue weighted by molar-refractivity contribution is -0.0291. The lowest BCUT2D eigenvalue weighted by atomic mass is 9.86. The molecular formula is C13H28ClNO. The number of halogens is 1. The van der Waals surface area contributed by atoms with E-state index in [9.17, 15) is 5.11 Å². The van der Waals surface area contributed by atoms with Crippen LogP contribution in [-0.2, 0) is 0 Å². The highest BCUT2D eigenvalue weighted by molar-refractivity contribution is 5.85. The number of piperidine rings is 1. The van der Waals surface area contributed by atoms with Crippen LogP contribution in [0.15, 0.2) is 0 Å². The van der Waals surface area contributed by atoms with Gasteiger partial charge in [-0.05, 0) is 32.2 Å². The Kier molecular flexibility index (Phi) is 8.43. The lowest BCUT2D eigenvalue weighted by Crippen LogP contribution is -2.44. The number of unbranched alkanes of at least 4 members (excludes halogenated alkanes) is 2. The van der Waals surface area contributed by atoms with Crippen molar-refractivity contribution >= 4 is 12.4 Å². The zero-order chi connectivity index (χ0) is 11.1. The fraction of sp³-hybridized carbons (Fsp3) is 1.00. The van der Waals surface area contributed by atoms with Gasteiger partial charge in [-0.1, -0.05) is 33.1 Å². The summed E-state index contributed by atoms with van der Waals surface area (Å²) < 4.78 is 0. The fourth-order valence-corrected chi connectivity index (χ4v) is 2.33. The van der Waals surface area contributed by atoms with Gasteiger partial charge in [0.25, 0.3) is 0 Å². The second-order valence-electron chi connectivity index (χ2n) is 5.02. The van der Waals surface area contributed by atoms with Crippen molar-refractivity contribution in [2.75, 3.05) is 19.6 Å². The summed E-state index contributed by atoms with van der Waals surface area (Å²) >= 11 is 0. The topological polar surface area (TPSA) is 23.5 Å². The first-order valence-corrected chi connectivity index (χ1v) is 6.65. The van der Waals surface area contributed by atoms with Gasteiger partial charge in [-0.2, -0.15) is 0 Å². The summed E-state index contributed by atoms with van der Waals surface area (Å²) in [6.07, 6.45) is 7.91. The molecule has 0 amide bonds. The normalized spacial score (nSPS) is 20.4. The maximum Gasteiger partial charge on any atom is 0.0672 e. The van der Waals surface area contributed by atoms with Crippen molar-refractivity contribution in [3.63, 3.8) is 0 Å². The van der Waals surface area contributed by atoms with Gasteiger partial charge >= 0.3 is 0 Å². The summed E-state index contributed by atoms with van der Waals surface area (Å²) in [5.74, 6) is 0. The van der Waals surface area contributed by atoms with Crippen LogP contribution in [0.2, 0.25) is 0 Å². The molecule has 16 heavy (non-hydrogen) atoms. The molecule has 0 aromatic carbocycles. The molecule has 1 rings (SSSR count). The van der Waals surface area contributed by atoms with Gasteiger partial charge in [0.2, 0.25) is 0 Å². The smallest absolute Gasteiger partial charge is 0.0672 e. The van der Waals surface area contributed by atoms with Crippen molar-refractivity contribution in [1.29, 1.82) is 0 Å². The van der Waals surface area contributed by atoms with Gasteiger partial charge in [-0.15, -0.1) is 12.4 Å². The Morgan fingerprint density at radius 3 is 2.12 bits per heavy atom. The summed E-state index contributed by atoms with van der Waals surface area (Å²) in [5, 5.41) is 10.3. The van der Waals surface area contributed by atoms with Crippen LogP contribution in [-0.4, -0.2) is 35.2 Å². The van der Waals surface area contributed by atoms with E-state index in [0.29, 0.717) is 0 Å². The van der Waals surface area contributed by atoms with Gasteiger partial charge in [0, 0.05) is 13.1 Å². The zero-order valence-electron chi connectivity index (χ0n) is 10.9. The summed E-state index contributed by atoms with van der Waals surface area (Å²) in [6, 6.07) is 0. The Labute approximate surface area is 107 Å². The second-order valence-corrected chi connectivity index (χ2v) is 5.02. The minimum absolute atomic E-state index is 0. The van der Waals surface area contributed by atoms with Crippen LogP contribution in [0, 0.1) is 0 Å². The Bertz CT molecular complexity index is 167. The molecule has 0 aliphatic carbocycles. The Morgan fingerprint density at radius 2 is 1.62 bits per heavy atom. The lowest BCUT2D eigenvalue weighted by Gasteiger charge is -2.38. The molecule has 0 atom stereocenters. The van der Waals surface area contributed by atoms with E-state index in [2.05, 4.69) is 18.7 Å². The van der Waals surface area contributed by atoms with Crippen LogP contribution < -0.4 is 0 Å². The highest BCUT2D eigenvalue weighted by Gasteiger charge is 2.30. The van der Waals surface area contributed by atoms with Gasteiger partial charge in [0.15, 0.2) is 0 Å². The molecule has 0 saturated carbocycles. The van der Waals surface area contributed by atoms with Gasteiger partial charge in [0.1, 0.15) is 0 Å². The standard InChI is InChI=1S/C13H27NO.ClH/c1-3-5-7-13(15)8-11-14(12-9-13)10-6-4-2;/h15H,3-12H2,1-2H3;1H. The van der Waals surface area contributed by atoms with Crippen molar-refractivity contribution in [1.82, 2.24) is 4.90 Å². The monoisotopic (exact) mass is 249 g/mol. The average molecular weight is 250 g/mol. The molecule has 0 spiro atoms. The number of aliphatic hydroxyl groups is 1. The molecule has 1 heterocycles. The van der Waals surface area contributed by atoms with Crippen LogP contribution in [0.3, 0.4) is 0 Å². The largest absolute Gasteiger partial charge is 0.390 e. The maximum atomic E-state index is 10.3. The van der Waals surface area contributed by atoms with Crippen molar-refractivity contribution in [3.05, 3.63) is 0 Å². The number of likely N-dealkylation sites (tertiary alicyclic amines) is 1. The summed E-state index contributed by atoms with van der Waals surface area (Å²) in [6.45, 7) is 7.85. The number of hydrogen-bond donors (Lipinski definition) is 1. The number of nitrogens with zero attached hydrogens (tertiary/aromatic N) is 1. The fourth-order valence-electron chi connectivity index (χ4n) is 2.33. The molecule has 98 valence electrons. The molecule has 0 bridgehead atoms. The Balaban J connectivity index is 0.00000225. The van der Waals surface area contributed by atoms with E-state index >= 15 is 0 Å². The predicted molar refractivity (Wildman–Crippen MR) is 72.3 cm³/mol. The highest BCUT2D eigenvalue weighted by atomic mass is 35.5. The van der Waals surface area contributed by atoms with Crippen molar-refractivity contribution in [2.24, 2.45) is 0 Å². The first kappa shape index (κ1) is 16.2. The highest BCUT2D eigenvalue weighted by Crippen LogP contribution is 2.27. The molecular weight excluding hydrogens is 222 g/mol. The van der Waals surface area contributed by atoms with E-state index in [0.717, 1.165) is 32.4 Å². The average Bonchev–Trinajstić information content (AvgIpc) is 2.26. The maximum absolute atomic E-state index is 10.3. The van der Waals surface area contributed by atoms with Crippen LogP contribution in [0.25, 0.3) is 0 Å². The summed E-state index contributed by atoms with van der Waals surface area (Å²) in [4.78, 5) is 2.50. The van der Waals surface area contributed by atoms with Crippen LogP contribution in [0.5, 0.6) is 0 Å². The Hall–Kier alpha value is 0.210. The van der Waals surface area contributed by atoms with Gasteiger partial charge in [0.05, 0.1) is 5.60 Å². The third kappa shape index (κ3) is 5.51. The van der Waals surface area contributed by atoms with Gasteiger partial charge in [-0.3, -0.25) is 0 Å². The first-order chi connectivity index (χ1) is 7.20. The molecule has 0 aromatic rings. The van der Waals surface area contributed by atoms with Crippen molar-refractivity contribution < 1.29 is 5.11 Å². The molecule has 2 nitrogen and oxygen atoms in total. The van der Waals surface area contributed by atoms with E-state index in [4.69, 9.17) is 0 Å². The zero-order valence-corrected chi connectivity index (χ0v) is 11.7. The minimum atomic E-state index is -0.335. The summed E-state index contributed by atoms with van der Waals surface area (Å²) in [7, 11) is 0. The molecule has 3 heteroatoms. The van der Waals surface area contributed by atoms with Crippen LogP contribution in [0.1, 0.15) is 58.8 Å². The summed E-state index contributed by atoms with van der Waals surface area (Å²) in [5.41, 5.74) is -0.335. The SMILES string of the molecule is CCCCN1CCC(O)(CCCC)CC1.Cl. The second kappa shape index (κ2) is 8.32. The van der Waals surface area contributed by atoms with E-state index in [-0.39, 0.29) is 18.0 Å². The van der Waals surface area contributed by atoms with Crippen LogP contribution >= 0.6 is 12.4 Å². The molecule has 0 aromatic heterocycles. The van der Waals surface area contributed by atoms with E-state index < -0.39 is 0 Å². The number of hydrogen-bond acceptors (Lipinski definition) is 2. The molecule has 0 unspecified atom stereocenters. The van der Waals surface area contributed by atoms with Crippen LogP contribution in [0.4, 0.5) is 0 Å². The van der Waals surface area contributed by atoms with Crippen molar-refractivity contribution in [2.45, 2.75) is 64.4 Å². The van der Waals surface area contributed by atoms with E-state index in [1.807, 2.05) is 0 Å². The van der Waals surface area contributed by atoms with Gasteiger partial charge in [-0.25, -0.2) is 0 Å². The first-order valence-electron chi connectivity index (χ1n) is 6.65. The van der Waals surface area contributed by atoms with E-state index in [1.54, 1.807) is 0 Å². The van der Waals surface area contributed by atoms with Crippen molar-refractivity contribution in [3.8, 4) is 0 Å². The molecule has 1 aliphatic heterocycles. The Morgan fingerprint density at radius 1 is 1.06 bits per heavy atom. The quantitative estimate of drug-likeness (QED) is 0.781. The molecule has 1 N–H and O–H groups in total. The predicted octanol–water partition coefficient (Wildman–Crippen LogP) is 3.23. The molecule has 1 aliphatic rings. The number of rotatable bonds is 6. The third-order valence-electron chi connectivity index (χ3n) is 3.61. The van der Waals surface area contributed by atoms with E-state index in [1.165, 1.54) is 32.2 Å².